The zero-order valence-corrected chi connectivity index (χ0v) is 7.84. The van der Waals surface area contributed by atoms with Crippen LogP contribution in [0.2, 0.25) is 0 Å². The highest BCUT2D eigenvalue weighted by Crippen LogP contribution is 2.19. The summed E-state index contributed by atoms with van der Waals surface area (Å²) in [5, 5.41) is 0. The molecule has 1 unspecified atom stereocenters. The van der Waals surface area contributed by atoms with E-state index in [9.17, 15) is 0 Å². The normalized spacial score (nSPS) is 12.7. The molecule has 2 rings (SSSR count). The molecule has 0 aliphatic rings. The van der Waals surface area contributed by atoms with Crippen molar-refractivity contribution in [2.45, 2.75) is 13.0 Å². The number of hydrogen-bond acceptors (Lipinski definition) is 4. The molecule has 72 valence electrons. The molecule has 0 aliphatic carbocycles. The molecular formula is C10H11N3O. The summed E-state index contributed by atoms with van der Waals surface area (Å²) < 4.78 is 5.42. The number of aromatic nitrogens is 2. The smallest absolute Gasteiger partial charge is 0.125 e. The first-order valence-electron chi connectivity index (χ1n) is 4.34. The molecule has 14 heavy (non-hydrogen) atoms. The standard InChI is InChI=1S/C10H11N3O/c1-7-2-3-9(14-7)10(11)8-4-12-6-13-5-8/h2-6,10H,11H2,1H3. The van der Waals surface area contributed by atoms with Crippen LogP contribution >= 0.6 is 0 Å². The molecule has 2 heterocycles. The highest BCUT2D eigenvalue weighted by Gasteiger charge is 2.12. The van der Waals surface area contributed by atoms with E-state index < -0.39 is 0 Å². The number of nitrogens with zero attached hydrogens (tertiary/aromatic N) is 2. The van der Waals surface area contributed by atoms with Crippen LogP contribution in [0.1, 0.15) is 23.1 Å². The Morgan fingerprint density at radius 3 is 2.57 bits per heavy atom. The van der Waals surface area contributed by atoms with Gasteiger partial charge >= 0.3 is 0 Å². The van der Waals surface area contributed by atoms with Gasteiger partial charge < -0.3 is 10.2 Å². The first-order chi connectivity index (χ1) is 6.77. The minimum Gasteiger partial charge on any atom is -0.464 e. The Hall–Kier alpha value is -1.68. The molecular weight excluding hydrogens is 178 g/mol. The summed E-state index contributed by atoms with van der Waals surface area (Å²) >= 11 is 0. The van der Waals surface area contributed by atoms with Gasteiger partial charge in [-0.05, 0) is 19.1 Å². The van der Waals surface area contributed by atoms with Crippen LogP contribution in [0.15, 0.2) is 35.3 Å². The van der Waals surface area contributed by atoms with E-state index in [1.165, 1.54) is 6.33 Å². The predicted molar refractivity (Wildman–Crippen MR) is 51.5 cm³/mol. The second kappa shape index (κ2) is 3.59. The number of nitrogens with two attached hydrogens (primary N) is 1. The van der Waals surface area contributed by atoms with Gasteiger partial charge in [0.15, 0.2) is 0 Å². The van der Waals surface area contributed by atoms with Crippen LogP contribution in [0.4, 0.5) is 0 Å². The van der Waals surface area contributed by atoms with Crippen molar-refractivity contribution in [1.82, 2.24) is 9.97 Å². The molecule has 0 saturated heterocycles. The zero-order chi connectivity index (χ0) is 9.97. The van der Waals surface area contributed by atoms with Crippen LogP contribution in [0, 0.1) is 6.92 Å². The van der Waals surface area contributed by atoms with Crippen molar-refractivity contribution in [3.8, 4) is 0 Å². The average Bonchev–Trinajstić information content (AvgIpc) is 2.65. The third kappa shape index (κ3) is 1.65. The predicted octanol–water partition coefficient (Wildman–Crippen LogP) is 1.43. The van der Waals surface area contributed by atoms with Crippen molar-refractivity contribution in [3.63, 3.8) is 0 Å². The molecule has 0 aromatic carbocycles. The van der Waals surface area contributed by atoms with E-state index in [1.807, 2.05) is 19.1 Å². The summed E-state index contributed by atoms with van der Waals surface area (Å²) in [5.41, 5.74) is 6.80. The maximum absolute atomic E-state index is 5.96. The van der Waals surface area contributed by atoms with Crippen molar-refractivity contribution in [2.24, 2.45) is 5.73 Å². The molecule has 0 radical (unpaired) electrons. The minimum atomic E-state index is -0.287. The van der Waals surface area contributed by atoms with Crippen LogP contribution < -0.4 is 5.73 Å². The summed E-state index contributed by atoms with van der Waals surface area (Å²) in [6, 6.07) is 3.47. The van der Waals surface area contributed by atoms with Crippen molar-refractivity contribution in [2.75, 3.05) is 0 Å². The molecule has 0 bridgehead atoms. The van der Waals surface area contributed by atoms with Gasteiger partial charge in [-0.3, -0.25) is 0 Å². The van der Waals surface area contributed by atoms with Gasteiger partial charge in [0.1, 0.15) is 17.8 Å². The fraction of sp³-hybridized carbons (Fsp3) is 0.200. The third-order valence-electron chi connectivity index (χ3n) is 2.01. The first kappa shape index (κ1) is 8.90. The van der Waals surface area contributed by atoms with E-state index in [4.69, 9.17) is 10.2 Å². The highest BCUT2D eigenvalue weighted by atomic mass is 16.3. The Morgan fingerprint density at radius 1 is 1.29 bits per heavy atom. The van der Waals surface area contributed by atoms with Gasteiger partial charge in [-0.1, -0.05) is 0 Å². The van der Waals surface area contributed by atoms with E-state index in [0.717, 1.165) is 17.1 Å². The second-order valence-electron chi connectivity index (χ2n) is 3.10. The quantitative estimate of drug-likeness (QED) is 0.776. The SMILES string of the molecule is Cc1ccc(C(N)c2cncnc2)o1. The minimum absolute atomic E-state index is 0.287. The van der Waals surface area contributed by atoms with Gasteiger partial charge in [-0.15, -0.1) is 0 Å². The molecule has 1 atom stereocenters. The first-order valence-corrected chi connectivity index (χ1v) is 4.34. The van der Waals surface area contributed by atoms with Crippen LogP contribution in [0.25, 0.3) is 0 Å². The summed E-state index contributed by atoms with van der Waals surface area (Å²) in [6.45, 7) is 1.89. The van der Waals surface area contributed by atoms with Crippen molar-refractivity contribution >= 4 is 0 Å². The molecule has 0 fully saturated rings. The molecule has 2 N–H and O–H groups in total. The van der Waals surface area contributed by atoms with E-state index >= 15 is 0 Å². The van der Waals surface area contributed by atoms with Crippen molar-refractivity contribution < 1.29 is 4.42 Å². The Labute approximate surface area is 81.8 Å². The van der Waals surface area contributed by atoms with Gasteiger partial charge in [-0.25, -0.2) is 9.97 Å². The molecule has 2 aromatic rings. The highest BCUT2D eigenvalue weighted by molar-refractivity contribution is 5.21. The van der Waals surface area contributed by atoms with E-state index in [-0.39, 0.29) is 6.04 Å². The molecule has 0 amide bonds. The average molecular weight is 189 g/mol. The maximum atomic E-state index is 5.96. The Balaban J connectivity index is 2.29. The summed E-state index contributed by atoms with van der Waals surface area (Å²) in [6.07, 6.45) is 4.86. The number of aryl methyl sites for hydroxylation is 1. The van der Waals surface area contributed by atoms with Gasteiger partial charge in [0.2, 0.25) is 0 Å². The fourth-order valence-corrected chi connectivity index (χ4v) is 1.26. The van der Waals surface area contributed by atoms with Gasteiger partial charge in [-0.2, -0.15) is 0 Å². The van der Waals surface area contributed by atoms with Crippen molar-refractivity contribution in [3.05, 3.63) is 47.9 Å². The Morgan fingerprint density at radius 2 is 2.00 bits per heavy atom. The lowest BCUT2D eigenvalue weighted by Crippen LogP contribution is -2.11. The fourth-order valence-electron chi connectivity index (χ4n) is 1.26. The summed E-state index contributed by atoms with van der Waals surface area (Å²) in [5.74, 6) is 1.59. The van der Waals surface area contributed by atoms with Gasteiger partial charge in [0.05, 0.1) is 6.04 Å². The lowest BCUT2D eigenvalue weighted by Gasteiger charge is -2.06. The van der Waals surface area contributed by atoms with Gasteiger partial charge in [0.25, 0.3) is 0 Å². The van der Waals surface area contributed by atoms with Crippen LogP contribution in [-0.4, -0.2) is 9.97 Å². The number of hydrogen-bond donors (Lipinski definition) is 1. The maximum Gasteiger partial charge on any atom is 0.125 e. The van der Waals surface area contributed by atoms with Crippen LogP contribution in [0.3, 0.4) is 0 Å². The van der Waals surface area contributed by atoms with E-state index in [1.54, 1.807) is 12.4 Å². The molecule has 0 aliphatic heterocycles. The summed E-state index contributed by atoms with van der Waals surface area (Å²) in [7, 11) is 0. The van der Waals surface area contributed by atoms with Crippen LogP contribution in [-0.2, 0) is 0 Å². The molecule has 2 aromatic heterocycles. The molecule has 0 saturated carbocycles. The molecule has 4 heteroatoms. The third-order valence-corrected chi connectivity index (χ3v) is 2.01. The molecule has 0 spiro atoms. The zero-order valence-electron chi connectivity index (χ0n) is 7.84. The van der Waals surface area contributed by atoms with Crippen molar-refractivity contribution in [1.29, 1.82) is 0 Å². The number of furan rings is 1. The van der Waals surface area contributed by atoms with Crippen LogP contribution in [0.5, 0.6) is 0 Å². The van der Waals surface area contributed by atoms with E-state index in [0.29, 0.717) is 0 Å². The topological polar surface area (TPSA) is 64.9 Å². The molecule has 4 nitrogen and oxygen atoms in total. The van der Waals surface area contributed by atoms with Gasteiger partial charge in [0, 0.05) is 18.0 Å². The second-order valence-corrected chi connectivity index (χ2v) is 3.10. The largest absolute Gasteiger partial charge is 0.464 e. The Bertz CT molecular complexity index is 410. The lowest BCUT2D eigenvalue weighted by atomic mass is 10.1. The monoisotopic (exact) mass is 189 g/mol. The lowest BCUT2D eigenvalue weighted by molar-refractivity contribution is 0.465. The summed E-state index contributed by atoms with van der Waals surface area (Å²) in [4.78, 5) is 7.81. The Kier molecular flexibility index (Phi) is 2.28. The van der Waals surface area contributed by atoms with E-state index in [2.05, 4.69) is 9.97 Å². The number of rotatable bonds is 2.